The van der Waals surface area contributed by atoms with Gasteiger partial charge in [0.05, 0.1) is 0 Å². The maximum Gasteiger partial charge on any atom is 0.0346 e. The van der Waals surface area contributed by atoms with E-state index in [2.05, 4.69) is 94.9 Å². The molecular formula is C28H20N2. The first-order valence-electron chi connectivity index (χ1n) is 10.0. The Morgan fingerprint density at radius 1 is 0.333 bits per heavy atom. The van der Waals surface area contributed by atoms with Crippen molar-refractivity contribution in [2.75, 3.05) is 0 Å². The van der Waals surface area contributed by atoms with Crippen molar-refractivity contribution in [2.24, 2.45) is 0 Å². The van der Waals surface area contributed by atoms with E-state index in [4.69, 9.17) is 0 Å². The highest BCUT2D eigenvalue weighted by Crippen LogP contribution is 2.40. The van der Waals surface area contributed by atoms with Crippen LogP contribution in [-0.4, -0.2) is 9.97 Å². The van der Waals surface area contributed by atoms with E-state index in [1.165, 1.54) is 33.4 Å². The molecule has 2 heterocycles. The Bertz CT molecular complexity index is 1180. The number of hydrogen-bond donors (Lipinski definition) is 0. The quantitative estimate of drug-likeness (QED) is 0.329. The zero-order chi connectivity index (χ0) is 20.2. The third-order valence-electron chi connectivity index (χ3n) is 5.31. The molecular weight excluding hydrogens is 364 g/mol. The fourth-order valence-electron chi connectivity index (χ4n) is 3.94. The van der Waals surface area contributed by atoms with E-state index in [1.807, 2.05) is 36.9 Å². The van der Waals surface area contributed by atoms with Crippen LogP contribution in [0.25, 0.3) is 44.5 Å². The van der Waals surface area contributed by atoms with Crippen molar-refractivity contribution in [2.45, 2.75) is 0 Å². The van der Waals surface area contributed by atoms with Crippen LogP contribution < -0.4 is 0 Å². The highest BCUT2D eigenvalue weighted by atomic mass is 14.6. The first-order chi connectivity index (χ1) is 14.9. The number of aromatic nitrogens is 2. The van der Waals surface area contributed by atoms with E-state index < -0.39 is 0 Å². The number of benzene rings is 3. The fraction of sp³-hybridized carbons (Fsp3) is 0. The highest BCUT2D eigenvalue weighted by Gasteiger charge is 2.14. The molecule has 3 aromatic carbocycles. The van der Waals surface area contributed by atoms with Crippen molar-refractivity contribution in [1.82, 2.24) is 9.97 Å². The van der Waals surface area contributed by atoms with Crippen LogP contribution in [0.4, 0.5) is 0 Å². The summed E-state index contributed by atoms with van der Waals surface area (Å²) >= 11 is 0. The molecule has 0 spiro atoms. The Morgan fingerprint density at radius 3 is 1.00 bits per heavy atom. The van der Waals surface area contributed by atoms with Crippen LogP contribution >= 0.6 is 0 Å². The molecule has 0 radical (unpaired) electrons. The minimum Gasteiger partial charge on any atom is -0.264 e. The minimum atomic E-state index is 1.11. The molecule has 0 aliphatic carbocycles. The van der Waals surface area contributed by atoms with E-state index in [0.29, 0.717) is 0 Å². The molecule has 0 aliphatic heterocycles. The van der Waals surface area contributed by atoms with Gasteiger partial charge >= 0.3 is 0 Å². The van der Waals surface area contributed by atoms with Gasteiger partial charge in [-0.15, -0.1) is 0 Å². The fourth-order valence-corrected chi connectivity index (χ4v) is 3.94. The second-order valence-corrected chi connectivity index (χ2v) is 7.12. The molecule has 0 unspecified atom stereocenters. The van der Waals surface area contributed by atoms with Gasteiger partial charge in [0.25, 0.3) is 0 Å². The molecule has 0 amide bonds. The average molecular weight is 384 g/mol. The summed E-state index contributed by atoms with van der Waals surface area (Å²) in [6, 6.07) is 33.8. The molecule has 0 bridgehead atoms. The van der Waals surface area contributed by atoms with Gasteiger partial charge in [-0.05, 0) is 45.5 Å². The summed E-state index contributed by atoms with van der Waals surface area (Å²) in [6.07, 6.45) is 7.46. The van der Waals surface area contributed by atoms with E-state index >= 15 is 0 Å². The smallest absolute Gasteiger partial charge is 0.0346 e. The van der Waals surface area contributed by atoms with Crippen molar-refractivity contribution >= 4 is 0 Å². The first kappa shape index (κ1) is 18.0. The largest absolute Gasteiger partial charge is 0.264 e. The van der Waals surface area contributed by atoms with Crippen molar-refractivity contribution in [3.05, 3.63) is 122 Å². The number of hydrogen-bond acceptors (Lipinski definition) is 2. The maximum atomic E-state index is 4.32. The summed E-state index contributed by atoms with van der Waals surface area (Å²) in [6.45, 7) is 0. The van der Waals surface area contributed by atoms with Gasteiger partial charge in [0.15, 0.2) is 0 Å². The Morgan fingerprint density at radius 2 is 0.667 bits per heavy atom. The van der Waals surface area contributed by atoms with Gasteiger partial charge in [-0.1, -0.05) is 84.9 Å². The maximum absolute atomic E-state index is 4.32. The van der Waals surface area contributed by atoms with Gasteiger partial charge in [0.2, 0.25) is 0 Å². The van der Waals surface area contributed by atoms with Crippen LogP contribution in [0.5, 0.6) is 0 Å². The Labute approximate surface area is 176 Å². The highest BCUT2D eigenvalue weighted by molar-refractivity contribution is 5.95. The first-order valence-corrected chi connectivity index (χ1v) is 10.0. The molecule has 2 heteroatoms. The average Bonchev–Trinajstić information content (AvgIpc) is 2.85. The van der Waals surface area contributed by atoms with Crippen molar-refractivity contribution in [3.63, 3.8) is 0 Å². The van der Waals surface area contributed by atoms with Crippen LogP contribution in [0.3, 0.4) is 0 Å². The summed E-state index contributed by atoms with van der Waals surface area (Å²) < 4.78 is 0. The molecule has 0 aliphatic rings. The lowest BCUT2D eigenvalue weighted by molar-refractivity contribution is 1.33. The summed E-state index contributed by atoms with van der Waals surface area (Å²) in [5, 5.41) is 0. The lowest BCUT2D eigenvalue weighted by Crippen LogP contribution is -1.91. The number of pyridine rings is 2. The van der Waals surface area contributed by atoms with E-state index in [1.54, 1.807) is 0 Å². The van der Waals surface area contributed by atoms with Crippen LogP contribution in [0.2, 0.25) is 0 Å². The van der Waals surface area contributed by atoms with Crippen LogP contribution in [0, 0.1) is 0 Å². The second-order valence-electron chi connectivity index (χ2n) is 7.12. The molecule has 0 N–H and O–H groups in total. The molecule has 0 fully saturated rings. The summed E-state index contributed by atoms with van der Waals surface area (Å²) in [5.74, 6) is 0. The molecule has 0 saturated carbocycles. The lowest BCUT2D eigenvalue weighted by atomic mass is 9.87. The van der Waals surface area contributed by atoms with Crippen LogP contribution in [0.1, 0.15) is 0 Å². The predicted octanol–water partition coefficient (Wildman–Crippen LogP) is 7.14. The molecule has 2 nitrogen and oxygen atoms in total. The third kappa shape index (κ3) is 3.40. The SMILES string of the molecule is c1cncc(-c2ccccc2-c2ccccc2-c2ccccc2-c2cccnc2)c1. The Balaban J connectivity index is 1.73. The standard InChI is InChI=1S/C28H20N2/c1-3-13-25(23(11-1)21-9-7-17-29-19-21)27-15-5-6-16-28(27)26-14-4-2-12-24(26)22-10-8-18-30-20-22/h1-20H. The lowest BCUT2D eigenvalue weighted by Gasteiger charge is -2.17. The van der Waals surface area contributed by atoms with Crippen molar-refractivity contribution in [3.8, 4) is 44.5 Å². The van der Waals surface area contributed by atoms with Crippen molar-refractivity contribution < 1.29 is 0 Å². The minimum absolute atomic E-state index is 1.11. The molecule has 0 atom stereocenters. The van der Waals surface area contributed by atoms with Gasteiger partial charge in [0, 0.05) is 35.9 Å². The predicted molar refractivity (Wildman–Crippen MR) is 124 cm³/mol. The molecule has 0 saturated heterocycles. The zero-order valence-corrected chi connectivity index (χ0v) is 16.4. The Kier molecular flexibility index (Phi) is 4.89. The van der Waals surface area contributed by atoms with Gasteiger partial charge < -0.3 is 0 Å². The summed E-state index contributed by atoms with van der Waals surface area (Å²) in [7, 11) is 0. The van der Waals surface area contributed by atoms with E-state index in [0.717, 1.165) is 11.1 Å². The number of nitrogens with zero attached hydrogens (tertiary/aromatic N) is 2. The van der Waals surface area contributed by atoms with Gasteiger partial charge in [-0.3, -0.25) is 9.97 Å². The van der Waals surface area contributed by atoms with Gasteiger partial charge in [-0.25, -0.2) is 0 Å². The van der Waals surface area contributed by atoms with Crippen LogP contribution in [-0.2, 0) is 0 Å². The molecule has 142 valence electrons. The van der Waals surface area contributed by atoms with Crippen LogP contribution in [0.15, 0.2) is 122 Å². The molecule has 5 aromatic rings. The van der Waals surface area contributed by atoms with Gasteiger partial charge in [0.1, 0.15) is 0 Å². The van der Waals surface area contributed by atoms with E-state index in [-0.39, 0.29) is 0 Å². The Hall–Kier alpha value is -4.04. The third-order valence-corrected chi connectivity index (χ3v) is 5.31. The topological polar surface area (TPSA) is 25.8 Å². The van der Waals surface area contributed by atoms with E-state index in [9.17, 15) is 0 Å². The molecule has 30 heavy (non-hydrogen) atoms. The normalized spacial score (nSPS) is 10.7. The number of rotatable bonds is 4. The summed E-state index contributed by atoms with van der Waals surface area (Å²) in [4.78, 5) is 8.65. The second kappa shape index (κ2) is 8.14. The zero-order valence-electron chi connectivity index (χ0n) is 16.4. The van der Waals surface area contributed by atoms with Gasteiger partial charge in [-0.2, -0.15) is 0 Å². The van der Waals surface area contributed by atoms with Crippen molar-refractivity contribution in [1.29, 1.82) is 0 Å². The monoisotopic (exact) mass is 384 g/mol. The molecule has 2 aromatic heterocycles. The summed E-state index contributed by atoms with van der Waals surface area (Å²) in [5.41, 5.74) is 9.38. The molecule has 5 rings (SSSR count).